The molecule has 5 nitrogen and oxygen atoms in total. The number of aliphatic hydroxyl groups is 1. The van der Waals surface area contributed by atoms with E-state index in [4.69, 9.17) is 14.6 Å². The van der Waals surface area contributed by atoms with Gasteiger partial charge in [0.1, 0.15) is 5.82 Å². The summed E-state index contributed by atoms with van der Waals surface area (Å²) in [5.41, 5.74) is 1.57. The summed E-state index contributed by atoms with van der Waals surface area (Å²) in [6, 6.07) is 5.59. The summed E-state index contributed by atoms with van der Waals surface area (Å²) in [6.07, 6.45) is 1.61. The Morgan fingerprint density at radius 1 is 1.33 bits per heavy atom. The molecule has 0 radical (unpaired) electrons. The molecule has 0 bridgehead atoms. The van der Waals surface area contributed by atoms with Crippen LogP contribution in [0.5, 0.6) is 11.5 Å². The average molecular weight is 248 g/mol. The number of aliphatic hydroxyl groups excluding tert-OH is 1. The van der Waals surface area contributed by atoms with Crippen molar-refractivity contribution in [2.75, 3.05) is 13.7 Å². The number of hydrogen-bond donors (Lipinski definition) is 2. The second-order valence-corrected chi connectivity index (χ2v) is 3.71. The fourth-order valence-corrected chi connectivity index (χ4v) is 1.68. The fourth-order valence-electron chi connectivity index (χ4n) is 1.68. The van der Waals surface area contributed by atoms with Gasteiger partial charge in [0.15, 0.2) is 11.5 Å². The molecule has 2 N–H and O–H groups in total. The Bertz CT molecular complexity index is 523. The number of methoxy groups -OCH3 is 1. The highest BCUT2D eigenvalue weighted by Crippen LogP contribution is 2.31. The highest BCUT2D eigenvalue weighted by Gasteiger charge is 2.09. The molecular formula is C13H16N2O3. The Labute approximate surface area is 105 Å². The number of ether oxygens (including phenoxy) is 2. The molecule has 96 valence electrons. The number of aromatic nitrogens is 2. The van der Waals surface area contributed by atoms with Gasteiger partial charge >= 0.3 is 0 Å². The van der Waals surface area contributed by atoms with Crippen LogP contribution in [0.2, 0.25) is 0 Å². The predicted octanol–water partition coefficient (Wildman–Crippen LogP) is 1.98. The third kappa shape index (κ3) is 2.46. The first kappa shape index (κ1) is 12.4. The van der Waals surface area contributed by atoms with Crippen LogP contribution in [0.3, 0.4) is 0 Å². The van der Waals surface area contributed by atoms with Gasteiger partial charge < -0.3 is 19.6 Å². The zero-order chi connectivity index (χ0) is 13.0. The molecule has 0 spiro atoms. The molecule has 0 aliphatic rings. The minimum Gasteiger partial charge on any atom is -0.493 e. The van der Waals surface area contributed by atoms with Crippen LogP contribution in [0.15, 0.2) is 24.4 Å². The molecule has 0 atom stereocenters. The number of nitrogens with one attached hydrogen (secondary N) is 1. The second kappa shape index (κ2) is 5.55. The van der Waals surface area contributed by atoms with E-state index in [9.17, 15) is 0 Å². The molecule has 2 aromatic rings. The number of hydrogen-bond acceptors (Lipinski definition) is 4. The lowest BCUT2D eigenvalue weighted by atomic mass is 10.2. The monoisotopic (exact) mass is 248 g/mol. The van der Waals surface area contributed by atoms with Crippen LogP contribution in [0.4, 0.5) is 0 Å². The lowest BCUT2D eigenvalue weighted by Gasteiger charge is -2.10. The first-order valence-corrected chi connectivity index (χ1v) is 5.74. The minimum absolute atomic E-state index is 0.0541. The average Bonchev–Trinajstić information content (AvgIpc) is 2.88. The van der Waals surface area contributed by atoms with E-state index < -0.39 is 0 Å². The van der Waals surface area contributed by atoms with E-state index in [0.717, 1.165) is 5.56 Å². The molecule has 1 aromatic heterocycles. The van der Waals surface area contributed by atoms with Gasteiger partial charge in [0, 0.05) is 5.56 Å². The van der Waals surface area contributed by atoms with E-state index in [1.165, 1.54) is 0 Å². The third-order valence-electron chi connectivity index (χ3n) is 2.54. The molecule has 0 aliphatic carbocycles. The lowest BCUT2D eigenvalue weighted by molar-refractivity contribution is 0.277. The van der Waals surface area contributed by atoms with Gasteiger partial charge in [0.2, 0.25) is 0 Å². The summed E-state index contributed by atoms with van der Waals surface area (Å²) < 4.78 is 10.7. The van der Waals surface area contributed by atoms with E-state index >= 15 is 0 Å². The molecule has 0 fully saturated rings. The molecule has 18 heavy (non-hydrogen) atoms. The van der Waals surface area contributed by atoms with Crippen LogP contribution < -0.4 is 9.47 Å². The number of aromatic amines is 1. The molecule has 0 saturated carbocycles. The van der Waals surface area contributed by atoms with Gasteiger partial charge in [-0.2, -0.15) is 0 Å². The zero-order valence-corrected chi connectivity index (χ0v) is 10.4. The SMILES string of the molecule is CCOc1cc(-c2ncc(CO)[nH]2)ccc1OC. The standard InChI is InChI=1S/C13H16N2O3/c1-3-18-12-6-9(4-5-11(12)17-2)13-14-7-10(8-16)15-13/h4-7,16H,3,8H2,1-2H3,(H,14,15). The van der Waals surface area contributed by atoms with Gasteiger partial charge in [-0.15, -0.1) is 0 Å². The predicted molar refractivity (Wildman–Crippen MR) is 67.7 cm³/mol. The first-order valence-electron chi connectivity index (χ1n) is 5.74. The van der Waals surface area contributed by atoms with Crippen LogP contribution in [0.25, 0.3) is 11.4 Å². The van der Waals surface area contributed by atoms with Crippen molar-refractivity contribution >= 4 is 0 Å². The Morgan fingerprint density at radius 3 is 2.78 bits per heavy atom. The van der Waals surface area contributed by atoms with Crippen molar-refractivity contribution in [2.24, 2.45) is 0 Å². The number of imidazole rings is 1. The number of benzene rings is 1. The van der Waals surface area contributed by atoms with E-state index in [-0.39, 0.29) is 6.61 Å². The number of rotatable bonds is 5. The van der Waals surface area contributed by atoms with Crippen molar-refractivity contribution in [1.82, 2.24) is 9.97 Å². The zero-order valence-electron chi connectivity index (χ0n) is 10.4. The lowest BCUT2D eigenvalue weighted by Crippen LogP contribution is -1.96. The van der Waals surface area contributed by atoms with Gasteiger partial charge in [-0.25, -0.2) is 4.98 Å². The summed E-state index contributed by atoms with van der Waals surface area (Å²) in [6.45, 7) is 2.43. The minimum atomic E-state index is -0.0541. The topological polar surface area (TPSA) is 67.4 Å². The van der Waals surface area contributed by atoms with Crippen molar-refractivity contribution in [1.29, 1.82) is 0 Å². The Hall–Kier alpha value is -2.01. The maximum absolute atomic E-state index is 9.00. The molecular weight excluding hydrogens is 232 g/mol. The molecule has 0 amide bonds. The van der Waals surface area contributed by atoms with Crippen LogP contribution >= 0.6 is 0 Å². The molecule has 0 saturated heterocycles. The molecule has 0 aliphatic heterocycles. The summed E-state index contributed by atoms with van der Waals surface area (Å²) >= 11 is 0. The first-order chi connectivity index (χ1) is 8.78. The molecule has 0 unspecified atom stereocenters. The second-order valence-electron chi connectivity index (χ2n) is 3.71. The van der Waals surface area contributed by atoms with Crippen molar-refractivity contribution in [3.8, 4) is 22.9 Å². The highest BCUT2D eigenvalue weighted by atomic mass is 16.5. The Kier molecular flexibility index (Phi) is 3.84. The van der Waals surface area contributed by atoms with Crippen LogP contribution in [0, 0.1) is 0 Å². The normalized spacial score (nSPS) is 10.4. The van der Waals surface area contributed by atoms with Gasteiger partial charge in [-0.3, -0.25) is 0 Å². The van der Waals surface area contributed by atoms with Crippen LogP contribution in [0.1, 0.15) is 12.6 Å². The quantitative estimate of drug-likeness (QED) is 0.849. The Balaban J connectivity index is 2.36. The number of H-pyrrole nitrogens is 1. The van der Waals surface area contributed by atoms with Crippen LogP contribution in [-0.2, 0) is 6.61 Å². The maximum atomic E-state index is 9.00. The van der Waals surface area contributed by atoms with Gasteiger partial charge in [-0.1, -0.05) is 0 Å². The summed E-state index contributed by atoms with van der Waals surface area (Å²) in [5.74, 6) is 2.07. The van der Waals surface area contributed by atoms with Gasteiger partial charge in [0.25, 0.3) is 0 Å². The fraction of sp³-hybridized carbons (Fsp3) is 0.308. The van der Waals surface area contributed by atoms with E-state index in [1.807, 2.05) is 25.1 Å². The molecule has 1 aromatic carbocycles. The van der Waals surface area contributed by atoms with E-state index in [1.54, 1.807) is 13.3 Å². The van der Waals surface area contributed by atoms with Crippen LogP contribution in [-0.4, -0.2) is 28.8 Å². The van der Waals surface area contributed by atoms with Crippen molar-refractivity contribution in [2.45, 2.75) is 13.5 Å². The van der Waals surface area contributed by atoms with E-state index in [0.29, 0.717) is 29.6 Å². The maximum Gasteiger partial charge on any atom is 0.161 e. The van der Waals surface area contributed by atoms with Crippen molar-refractivity contribution in [3.05, 3.63) is 30.1 Å². The van der Waals surface area contributed by atoms with Crippen molar-refractivity contribution < 1.29 is 14.6 Å². The molecule has 5 heteroatoms. The van der Waals surface area contributed by atoms with E-state index in [2.05, 4.69) is 9.97 Å². The summed E-state index contributed by atoms with van der Waals surface area (Å²) in [4.78, 5) is 7.23. The highest BCUT2D eigenvalue weighted by molar-refractivity contribution is 5.61. The Morgan fingerprint density at radius 2 is 2.17 bits per heavy atom. The van der Waals surface area contributed by atoms with Crippen molar-refractivity contribution in [3.63, 3.8) is 0 Å². The summed E-state index contributed by atoms with van der Waals surface area (Å²) in [5, 5.41) is 9.00. The molecule has 1 heterocycles. The summed E-state index contributed by atoms with van der Waals surface area (Å²) in [7, 11) is 1.61. The molecule has 2 rings (SSSR count). The third-order valence-corrected chi connectivity index (χ3v) is 2.54. The number of nitrogens with zero attached hydrogens (tertiary/aromatic N) is 1. The van der Waals surface area contributed by atoms with Gasteiger partial charge in [-0.05, 0) is 25.1 Å². The largest absolute Gasteiger partial charge is 0.493 e. The smallest absolute Gasteiger partial charge is 0.161 e. The van der Waals surface area contributed by atoms with Gasteiger partial charge in [0.05, 0.1) is 32.2 Å².